The Hall–Kier alpha value is -2.22. The van der Waals surface area contributed by atoms with E-state index in [1.807, 2.05) is 23.9 Å². The van der Waals surface area contributed by atoms with Crippen LogP contribution in [0.25, 0.3) is 0 Å². The SMILES string of the molecule is CC(C)[C@@H]1OCCC[C@@H]1Nc1ccnc(N2CCC[C@@H]2c2nncn2C)n1. The molecule has 0 amide bonds. The van der Waals surface area contributed by atoms with Gasteiger partial charge in [-0.2, -0.15) is 4.98 Å². The molecular weight excluding hydrogens is 342 g/mol. The van der Waals surface area contributed by atoms with Crippen molar-refractivity contribution in [3.8, 4) is 0 Å². The van der Waals surface area contributed by atoms with Crippen molar-refractivity contribution in [1.29, 1.82) is 0 Å². The number of nitrogens with one attached hydrogen (secondary N) is 1. The Morgan fingerprint density at radius 2 is 2.15 bits per heavy atom. The molecule has 27 heavy (non-hydrogen) atoms. The highest BCUT2D eigenvalue weighted by molar-refractivity contribution is 5.44. The van der Waals surface area contributed by atoms with Gasteiger partial charge in [-0.05, 0) is 37.7 Å². The van der Waals surface area contributed by atoms with Crippen molar-refractivity contribution >= 4 is 11.8 Å². The molecule has 2 aliphatic heterocycles. The van der Waals surface area contributed by atoms with Crippen molar-refractivity contribution in [2.75, 3.05) is 23.4 Å². The van der Waals surface area contributed by atoms with Crippen molar-refractivity contribution in [3.63, 3.8) is 0 Å². The molecule has 2 aliphatic rings. The van der Waals surface area contributed by atoms with Gasteiger partial charge in [0.25, 0.3) is 0 Å². The maximum Gasteiger partial charge on any atom is 0.227 e. The molecular formula is C19H29N7O. The van der Waals surface area contributed by atoms with Crippen molar-refractivity contribution < 1.29 is 4.74 Å². The summed E-state index contributed by atoms with van der Waals surface area (Å²) >= 11 is 0. The highest BCUT2D eigenvalue weighted by atomic mass is 16.5. The Morgan fingerprint density at radius 3 is 2.93 bits per heavy atom. The Morgan fingerprint density at radius 1 is 1.26 bits per heavy atom. The molecule has 146 valence electrons. The first-order chi connectivity index (χ1) is 13.1. The largest absolute Gasteiger partial charge is 0.376 e. The molecule has 0 unspecified atom stereocenters. The van der Waals surface area contributed by atoms with Gasteiger partial charge >= 0.3 is 0 Å². The van der Waals surface area contributed by atoms with Crippen LogP contribution in [0.1, 0.15) is 51.4 Å². The van der Waals surface area contributed by atoms with Crippen LogP contribution in [0.4, 0.5) is 11.8 Å². The highest BCUT2D eigenvalue weighted by Crippen LogP contribution is 2.33. The molecule has 2 fully saturated rings. The molecule has 0 bridgehead atoms. The number of aromatic nitrogens is 5. The van der Waals surface area contributed by atoms with E-state index in [9.17, 15) is 0 Å². The number of aryl methyl sites for hydroxylation is 1. The molecule has 0 radical (unpaired) electrons. The summed E-state index contributed by atoms with van der Waals surface area (Å²) in [7, 11) is 1.99. The van der Waals surface area contributed by atoms with Gasteiger partial charge in [-0.25, -0.2) is 4.98 Å². The van der Waals surface area contributed by atoms with E-state index in [1.54, 1.807) is 6.33 Å². The molecule has 3 atom stereocenters. The zero-order valence-electron chi connectivity index (χ0n) is 16.4. The maximum absolute atomic E-state index is 6.00. The molecule has 0 aromatic carbocycles. The van der Waals surface area contributed by atoms with Crippen LogP contribution in [0.15, 0.2) is 18.6 Å². The molecule has 4 rings (SSSR count). The molecule has 4 heterocycles. The number of hydrogen-bond acceptors (Lipinski definition) is 7. The second-order valence-electron chi connectivity index (χ2n) is 7.87. The van der Waals surface area contributed by atoms with E-state index >= 15 is 0 Å². The van der Waals surface area contributed by atoms with Gasteiger partial charge in [0.15, 0.2) is 5.82 Å². The van der Waals surface area contributed by atoms with Gasteiger partial charge in [-0.3, -0.25) is 0 Å². The zero-order valence-corrected chi connectivity index (χ0v) is 16.4. The normalized spacial score (nSPS) is 25.9. The topological polar surface area (TPSA) is 81.0 Å². The minimum Gasteiger partial charge on any atom is -0.376 e. The van der Waals surface area contributed by atoms with Gasteiger partial charge in [0.05, 0.1) is 18.2 Å². The molecule has 2 aromatic heterocycles. The fraction of sp³-hybridized carbons (Fsp3) is 0.684. The van der Waals surface area contributed by atoms with Gasteiger partial charge in [-0.1, -0.05) is 13.8 Å². The van der Waals surface area contributed by atoms with Gasteiger partial charge in [0.2, 0.25) is 5.95 Å². The quantitative estimate of drug-likeness (QED) is 0.865. The maximum atomic E-state index is 6.00. The van der Waals surface area contributed by atoms with E-state index in [-0.39, 0.29) is 18.2 Å². The Balaban J connectivity index is 1.53. The first-order valence-electron chi connectivity index (χ1n) is 9.95. The van der Waals surface area contributed by atoms with E-state index in [1.165, 1.54) is 0 Å². The standard InChI is InChI=1S/C19H29N7O/c1-13(2)17-14(6-5-11-27-17)22-16-8-9-20-19(23-16)26-10-4-7-15(26)18-24-21-12-25(18)3/h8-9,12-15,17H,4-7,10-11H2,1-3H3,(H,20,22,23)/t14-,15+,17-/m0/s1. The van der Waals surface area contributed by atoms with E-state index in [0.717, 1.165) is 56.4 Å². The van der Waals surface area contributed by atoms with Gasteiger partial charge in [0.1, 0.15) is 12.1 Å². The minimum absolute atomic E-state index is 0.175. The molecule has 0 spiro atoms. The number of nitrogens with zero attached hydrogens (tertiary/aromatic N) is 6. The lowest BCUT2D eigenvalue weighted by Crippen LogP contribution is -2.43. The third-order valence-electron chi connectivity index (χ3n) is 5.55. The van der Waals surface area contributed by atoms with Crippen LogP contribution in [-0.4, -0.2) is 50.0 Å². The molecule has 0 saturated carbocycles. The average Bonchev–Trinajstić information content (AvgIpc) is 3.30. The lowest BCUT2D eigenvalue weighted by Gasteiger charge is -2.35. The second kappa shape index (κ2) is 7.80. The van der Waals surface area contributed by atoms with Crippen LogP contribution in [0, 0.1) is 5.92 Å². The smallest absolute Gasteiger partial charge is 0.227 e. The number of hydrogen-bond donors (Lipinski definition) is 1. The van der Waals surface area contributed by atoms with Crippen molar-refractivity contribution in [2.45, 2.75) is 57.7 Å². The number of anilines is 2. The Bertz CT molecular complexity index is 762. The molecule has 8 nitrogen and oxygen atoms in total. The monoisotopic (exact) mass is 371 g/mol. The zero-order chi connectivity index (χ0) is 18.8. The van der Waals surface area contributed by atoms with Crippen LogP contribution >= 0.6 is 0 Å². The second-order valence-corrected chi connectivity index (χ2v) is 7.87. The van der Waals surface area contributed by atoms with Crippen LogP contribution in [0.2, 0.25) is 0 Å². The van der Waals surface area contributed by atoms with Crippen molar-refractivity contribution in [2.24, 2.45) is 13.0 Å². The lowest BCUT2D eigenvalue weighted by atomic mass is 9.94. The van der Waals surface area contributed by atoms with Crippen LogP contribution in [0.5, 0.6) is 0 Å². The lowest BCUT2D eigenvalue weighted by molar-refractivity contribution is -0.0203. The number of ether oxygens (including phenoxy) is 1. The Kier molecular flexibility index (Phi) is 5.24. The van der Waals surface area contributed by atoms with E-state index in [4.69, 9.17) is 9.72 Å². The first kappa shape index (κ1) is 18.2. The fourth-order valence-corrected chi connectivity index (χ4v) is 4.24. The van der Waals surface area contributed by atoms with Gasteiger partial charge in [0, 0.05) is 26.4 Å². The summed E-state index contributed by atoms with van der Waals surface area (Å²) in [6.45, 7) is 6.21. The summed E-state index contributed by atoms with van der Waals surface area (Å²) in [5.41, 5.74) is 0. The molecule has 8 heteroatoms. The average molecular weight is 371 g/mol. The molecule has 0 aliphatic carbocycles. The third kappa shape index (κ3) is 3.76. The van der Waals surface area contributed by atoms with Gasteiger partial charge in [-0.15, -0.1) is 10.2 Å². The van der Waals surface area contributed by atoms with E-state index in [0.29, 0.717) is 5.92 Å². The first-order valence-corrected chi connectivity index (χ1v) is 9.95. The fourth-order valence-electron chi connectivity index (χ4n) is 4.24. The predicted octanol–water partition coefficient (Wildman–Crippen LogP) is 2.56. The van der Waals surface area contributed by atoms with E-state index in [2.05, 4.69) is 39.2 Å². The summed E-state index contributed by atoms with van der Waals surface area (Å²) in [5.74, 6) is 3.06. The van der Waals surface area contributed by atoms with Gasteiger partial charge < -0.3 is 19.5 Å². The summed E-state index contributed by atoms with van der Waals surface area (Å²) in [6.07, 6.45) is 8.14. The summed E-state index contributed by atoms with van der Waals surface area (Å²) in [6, 6.07) is 2.41. The minimum atomic E-state index is 0.175. The molecule has 1 N–H and O–H groups in total. The van der Waals surface area contributed by atoms with Crippen LogP contribution in [-0.2, 0) is 11.8 Å². The summed E-state index contributed by atoms with van der Waals surface area (Å²) in [4.78, 5) is 11.6. The molecule has 2 saturated heterocycles. The summed E-state index contributed by atoms with van der Waals surface area (Å²) in [5, 5.41) is 11.9. The molecule has 2 aromatic rings. The van der Waals surface area contributed by atoms with E-state index < -0.39 is 0 Å². The highest BCUT2D eigenvalue weighted by Gasteiger charge is 2.32. The number of rotatable bonds is 5. The Labute approximate surface area is 160 Å². The summed E-state index contributed by atoms with van der Waals surface area (Å²) < 4.78 is 7.98. The third-order valence-corrected chi connectivity index (χ3v) is 5.55. The van der Waals surface area contributed by atoms with Crippen molar-refractivity contribution in [1.82, 2.24) is 24.7 Å². The predicted molar refractivity (Wildman–Crippen MR) is 104 cm³/mol. The van der Waals surface area contributed by atoms with Crippen molar-refractivity contribution in [3.05, 3.63) is 24.4 Å². The van der Waals surface area contributed by atoms with Crippen LogP contribution < -0.4 is 10.2 Å². The van der Waals surface area contributed by atoms with Crippen LogP contribution in [0.3, 0.4) is 0 Å².